The van der Waals surface area contributed by atoms with Crippen LogP contribution in [0.1, 0.15) is 18.5 Å². The number of aliphatic hydroxyl groups excluding tert-OH is 1. The molecule has 1 aromatic rings. The van der Waals surface area contributed by atoms with E-state index in [1.165, 1.54) is 24.3 Å². The summed E-state index contributed by atoms with van der Waals surface area (Å²) in [7, 11) is 1.15. The van der Waals surface area contributed by atoms with Gasteiger partial charge in [0, 0.05) is 12.6 Å². The molecular formula is C17H19FN2O5. The summed E-state index contributed by atoms with van der Waals surface area (Å²) in [5.41, 5.74) is -1.16. The number of methoxy groups -OCH3 is 1. The Hall–Kier alpha value is -2.32. The number of hydrogen-bond acceptors (Lipinski definition) is 6. The molecule has 3 rings (SSSR count). The summed E-state index contributed by atoms with van der Waals surface area (Å²) in [4.78, 5) is 39.0. The van der Waals surface area contributed by atoms with Gasteiger partial charge in [0.1, 0.15) is 5.82 Å². The Morgan fingerprint density at radius 3 is 2.48 bits per heavy atom. The summed E-state index contributed by atoms with van der Waals surface area (Å²) >= 11 is 0. The van der Waals surface area contributed by atoms with E-state index < -0.39 is 53.6 Å². The van der Waals surface area contributed by atoms with E-state index in [1.807, 2.05) is 0 Å². The van der Waals surface area contributed by atoms with Crippen molar-refractivity contribution in [3.8, 4) is 0 Å². The number of carbonyl (C=O) groups is 3. The minimum absolute atomic E-state index is 0.170. The standard InChI is InChI=1S/C17H19FN2O5/c1-3-20-14(22)11-12(15(20)23)17(8-21,16(24)25-2)19-13(11)9-4-6-10(18)7-5-9/h4-7,11-13,19,21H,3,8H2,1-2H3/t11-,12-,13-,17+/m0/s1. The molecule has 2 aliphatic rings. The van der Waals surface area contributed by atoms with Crippen molar-refractivity contribution in [2.24, 2.45) is 11.8 Å². The average molecular weight is 350 g/mol. The molecule has 7 nitrogen and oxygen atoms in total. The van der Waals surface area contributed by atoms with Gasteiger partial charge in [0.15, 0.2) is 5.54 Å². The van der Waals surface area contributed by atoms with Gasteiger partial charge in [-0.25, -0.2) is 9.18 Å². The lowest BCUT2D eigenvalue weighted by molar-refractivity contribution is -0.156. The molecule has 0 aliphatic carbocycles. The Balaban J connectivity index is 2.13. The molecule has 0 aromatic heterocycles. The fourth-order valence-corrected chi connectivity index (χ4v) is 3.91. The quantitative estimate of drug-likeness (QED) is 0.586. The first-order valence-electron chi connectivity index (χ1n) is 7.99. The second-order valence-electron chi connectivity index (χ2n) is 6.22. The summed E-state index contributed by atoms with van der Waals surface area (Å²) in [5, 5.41) is 12.9. The minimum atomic E-state index is -1.71. The van der Waals surface area contributed by atoms with Gasteiger partial charge in [-0.3, -0.25) is 19.8 Å². The number of halogens is 1. The summed E-state index contributed by atoms with van der Waals surface area (Å²) < 4.78 is 18.0. The summed E-state index contributed by atoms with van der Waals surface area (Å²) in [5.74, 6) is -4.14. The molecule has 2 saturated heterocycles. The molecule has 2 N–H and O–H groups in total. The fourth-order valence-electron chi connectivity index (χ4n) is 3.91. The van der Waals surface area contributed by atoms with E-state index in [4.69, 9.17) is 4.74 Å². The van der Waals surface area contributed by atoms with Crippen LogP contribution in [0.25, 0.3) is 0 Å². The van der Waals surface area contributed by atoms with Crippen LogP contribution >= 0.6 is 0 Å². The zero-order valence-electron chi connectivity index (χ0n) is 13.9. The van der Waals surface area contributed by atoms with Gasteiger partial charge >= 0.3 is 5.97 Å². The predicted octanol–water partition coefficient (Wildman–Crippen LogP) is -0.00480. The van der Waals surface area contributed by atoms with Crippen molar-refractivity contribution in [3.05, 3.63) is 35.6 Å². The van der Waals surface area contributed by atoms with Crippen molar-refractivity contribution in [3.63, 3.8) is 0 Å². The number of ether oxygens (including phenoxy) is 1. The van der Waals surface area contributed by atoms with Crippen LogP contribution in [0.2, 0.25) is 0 Å². The third kappa shape index (κ3) is 2.36. The number of nitrogens with zero attached hydrogens (tertiary/aromatic N) is 1. The average Bonchev–Trinajstić information content (AvgIpc) is 3.10. The number of likely N-dealkylation sites (tertiary alicyclic amines) is 1. The minimum Gasteiger partial charge on any atom is -0.468 e. The van der Waals surface area contributed by atoms with E-state index in [-0.39, 0.29) is 6.54 Å². The largest absolute Gasteiger partial charge is 0.468 e. The molecule has 0 spiro atoms. The fraction of sp³-hybridized carbons (Fsp3) is 0.471. The van der Waals surface area contributed by atoms with Crippen LogP contribution < -0.4 is 5.32 Å². The number of benzene rings is 1. The van der Waals surface area contributed by atoms with Crippen molar-refractivity contribution < 1.29 is 28.6 Å². The molecular weight excluding hydrogens is 331 g/mol. The zero-order valence-corrected chi connectivity index (χ0v) is 13.9. The van der Waals surface area contributed by atoms with E-state index in [9.17, 15) is 23.9 Å². The predicted molar refractivity (Wildman–Crippen MR) is 83.5 cm³/mol. The van der Waals surface area contributed by atoms with E-state index in [0.29, 0.717) is 5.56 Å². The highest BCUT2D eigenvalue weighted by Gasteiger charge is 2.68. The number of carbonyl (C=O) groups excluding carboxylic acids is 3. The molecule has 0 bridgehead atoms. The number of fused-ring (bicyclic) bond motifs is 1. The maximum absolute atomic E-state index is 13.2. The normalized spacial score (nSPS) is 31.4. The monoisotopic (exact) mass is 350 g/mol. The Morgan fingerprint density at radius 2 is 1.96 bits per heavy atom. The van der Waals surface area contributed by atoms with Crippen molar-refractivity contribution >= 4 is 17.8 Å². The van der Waals surface area contributed by atoms with Crippen molar-refractivity contribution in [2.45, 2.75) is 18.5 Å². The highest BCUT2D eigenvalue weighted by molar-refractivity contribution is 6.09. The number of imide groups is 1. The molecule has 134 valence electrons. The van der Waals surface area contributed by atoms with Gasteiger partial charge in [0.05, 0.1) is 25.6 Å². The SMILES string of the molecule is CCN1C(=O)[C@H]2[C@@H](C1=O)[C@](CO)(C(=O)OC)N[C@H]2c1ccc(F)cc1. The molecule has 2 heterocycles. The lowest BCUT2D eigenvalue weighted by Crippen LogP contribution is -2.58. The van der Waals surface area contributed by atoms with Gasteiger partial charge in [-0.15, -0.1) is 0 Å². The topological polar surface area (TPSA) is 95.9 Å². The number of rotatable bonds is 4. The molecule has 2 fully saturated rings. The van der Waals surface area contributed by atoms with Gasteiger partial charge in [-0.2, -0.15) is 0 Å². The van der Waals surface area contributed by atoms with Crippen LogP contribution in [0.5, 0.6) is 0 Å². The van der Waals surface area contributed by atoms with Crippen LogP contribution in [0, 0.1) is 17.7 Å². The first-order chi connectivity index (χ1) is 11.9. The zero-order chi connectivity index (χ0) is 18.4. The van der Waals surface area contributed by atoms with Gasteiger partial charge in [-0.05, 0) is 24.6 Å². The van der Waals surface area contributed by atoms with Gasteiger partial charge < -0.3 is 9.84 Å². The van der Waals surface area contributed by atoms with Gasteiger partial charge in [0.25, 0.3) is 0 Å². The molecule has 2 amide bonds. The third-order valence-electron chi connectivity index (χ3n) is 5.09. The van der Waals surface area contributed by atoms with Crippen molar-refractivity contribution in [1.82, 2.24) is 10.2 Å². The maximum Gasteiger partial charge on any atom is 0.329 e. The highest BCUT2D eigenvalue weighted by Crippen LogP contribution is 2.48. The number of hydrogen-bond donors (Lipinski definition) is 2. The molecule has 0 saturated carbocycles. The number of esters is 1. The smallest absolute Gasteiger partial charge is 0.329 e. The molecule has 2 aliphatic heterocycles. The Kier molecular flexibility index (Phi) is 4.34. The summed E-state index contributed by atoms with van der Waals surface area (Å²) in [6.45, 7) is 1.13. The van der Waals surface area contributed by atoms with E-state index in [0.717, 1.165) is 12.0 Å². The van der Waals surface area contributed by atoms with Crippen LogP contribution in [0.4, 0.5) is 4.39 Å². The van der Waals surface area contributed by atoms with Crippen molar-refractivity contribution in [2.75, 3.05) is 20.3 Å². The second kappa shape index (κ2) is 6.20. The Bertz CT molecular complexity index is 722. The van der Waals surface area contributed by atoms with Gasteiger partial charge in [0.2, 0.25) is 11.8 Å². The number of aliphatic hydroxyl groups is 1. The van der Waals surface area contributed by atoms with Crippen LogP contribution in [-0.4, -0.2) is 53.6 Å². The van der Waals surface area contributed by atoms with E-state index in [1.54, 1.807) is 6.92 Å². The van der Waals surface area contributed by atoms with E-state index >= 15 is 0 Å². The Morgan fingerprint density at radius 1 is 1.32 bits per heavy atom. The third-order valence-corrected chi connectivity index (χ3v) is 5.09. The van der Waals surface area contributed by atoms with Crippen LogP contribution in [-0.2, 0) is 19.1 Å². The molecule has 8 heteroatoms. The first kappa shape index (κ1) is 17.5. The second-order valence-corrected chi connectivity index (χ2v) is 6.22. The molecule has 0 radical (unpaired) electrons. The van der Waals surface area contributed by atoms with Crippen LogP contribution in [0.15, 0.2) is 24.3 Å². The number of nitrogens with one attached hydrogen (secondary N) is 1. The summed E-state index contributed by atoms with van der Waals surface area (Å²) in [6, 6.07) is 4.73. The summed E-state index contributed by atoms with van der Waals surface area (Å²) in [6.07, 6.45) is 0. The molecule has 4 atom stereocenters. The van der Waals surface area contributed by atoms with Crippen LogP contribution in [0.3, 0.4) is 0 Å². The maximum atomic E-state index is 13.2. The molecule has 1 aromatic carbocycles. The van der Waals surface area contributed by atoms with Crippen molar-refractivity contribution in [1.29, 1.82) is 0 Å². The molecule has 25 heavy (non-hydrogen) atoms. The highest BCUT2D eigenvalue weighted by atomic mass is 19.1. The first-order valence-corrected chi connectivity index (χ1v) is 7.99. The van der Waals surface area contributed by atoms with E-state index in [2.05, 4.69) is 5.32 Å². The molecule has 0 unspecified atom stereocenters. The lowest BCUT2D eigenvalue weighted by atomic mass is 9.79. The van der Waals surface area contributed by atoms with Gasteiger partial charge in [-0.1, -0.05) is 12.1 Å². The Labute approximate surface area is 143 Å². The lowest BCUT2D eigenvalue weighted by Gasteiger charge is -2.30. The number of amides is 2.